The van der Waals surface area contributed by atoms with Crippen molar-refractivity contribution in [2.45, 2.75) is 19.4 Å². The van der Waals surface area contributed by atoms with Crippen LogP contribution in [-0.4, -0.2) is 25.8 Å². The third-order valence-corrected chi connectivity index (χ3v) is 4.67. The van der Waals surface area contributed by atoms with Crippen LogP contribution in [0.1, 0.15) is 17.5 Å². The van der Waals surface area contributed by atoms with Crippen molar-refractivity contribution in [1.82, 2.24) is 0 Å². The Morgan fingerprint density at radius 2 is 1.92 bits per heavy atom. The Morgan fingerprint density at radius 3 is 2.83 bits per heavy atom. The zero-order valence-corrected chi connectivity index (χ0v) is 13.5. The normalized spacial score (nSPS) is 18.1. The first-order chi connectivity index (χ1) is 11.8. The minimum atomic E-state index is 0.0419. The van der Waals surface area contributed by atoms with Gasteiger partial charge < -0.3 is 19.7 Å². The van der Waals surface area contributed by atoms with Crippen molar-refractivity contribution in [2.75, 3.05) is 25.2 Å². The van der Waals surface area contributed by atoms with Gasteiger partial charge in [-0.3, -0.25) is 4.79 Å². The minimum absolute atomic E-state index is 0.0419. The summed E-state index contributed by atoms with van der Waals surface area (Å²) in [6.07, 6.45) is 1.61. The van der Waals surface area contributed by atoms with Crippen LogP contribution < -0.4 is 19.7 Å². The van der Waals surface area contributed by atoms with E-state index in [9.17, 15) is 4.79 Å². The Hall–Kier alpha value is -2.53. The first-order valence-corrected chi connectivity index (χ1v) is 8.38. The van der Waals surface area contributed by atoms with Gasteiger partial charge in [0.1, 0.15) is 6.54 Å². The Kier molecular flexibility index (Phi) is 4.09. The predicted molar refractivity (Wildman–Crippen MR) is 90.4 cm³/mol. The molecule has 0 aliphatic carbocycles. The van der Waals surface area contributed by atoms with E-state index in [1.807, 2.05) is 18.2 Å². The minimum Gasteiger partial charge on any atom is -0.454 e. The highest BCUT2D eigenvalue weighted by atomic mass is 16.7. The van der Waals surface area contributed by atoms with E-state index in [1.165, 1.54) is 16.0 Å². The van der Waals surface area contributed by atoms with Gasteiger partial charge in [0, 0.05) is 23.7 Å². The molecule has 2 aromatic rings. The SMILES string of the molecule is O=C(CC[NH+]1CCc2ccccc2C1)Nc1ccc2c(c1)OCO2. The molecule has 24 heavy (non-hydrogen) atoms. The lowest BCUT2D eigenvalue weighted by atomic mass is 10.00. The standard InChI is InChI=1S/C19H20N2O3/c22-19(20-16-5-6-17-18(11-16)24-13-23-17)8-10-21-9-7-14-3-1-2-4-15(14)12-21/h1-6,11H,7-10,12-13H2,(H,20,22)/p+1. The molecule has 1 amide bonds. The van der Waals surface area contributed by atoms with Crippen LogP contribution in [0.5, 0.6) is 11.5 Å². The van der Waals surface area contributed by atoms with Gasteiger partial charge in [-0.05, 0) is 17.7 Å². The van der Waals surface area contributed by atoms with Crippen LogP contribution in [0.25, 0.3) is 0 Å². The Labute approximate surface area is 141 Å². The maximum absolute atomic E-state index is 12.2. The number of anilines is 1. The number of carbonyl (C=O) groups excluding carboxylic acids is 1. The number of ether oxygens (including phenoxy) is 2. The summed E-state index contributed by atoms with van der Waals surface area (Å²) in [6, 6.07) is 14.1. The highest BCUT2D eigenvalue weighted by molar-refractivity contribution is 5.91. The molecule has 4 rings (SSSR count). The molecule has 2 N–H and O–H groups in total. The number of nitrogens with one attached hydrogen (secondary N) is 2. The summed E-state index contributed by atoms with van der Waals surface area (Å²) in [6.45, 7) is 3.19. The van der Waals surface area contributed by atoms with Crippen LogP contribution in [0.15, 0.2) is 42.5 Å². The number of carbonyl (C=O) groups is 1. The molecule has 0 aromatic heterocycles. The number of rotatable bonds is 4. The van der Waals surface area contributed by atoms with Crippen molar-refractivity contribution in [2.24, 2.45) is 0 Å². The number of fused-ring (bicyclic) bond motifs is 2. The highest BCUT2D eigenvalue weighted by Gasteiger charge is 2.20. The van der Waals surface area contributed by atoms with Gasteiger partial charge in [0.25, 0.3) is 0 Å². The summed E-state index contributed by atoms with van der Waals surface area (Å²) in [5.74, 6) is 1.45. The molecule has 1 atom stereocenters. The second-order valence-electron chi connectivity index (χ2n) is 6.31. The van der Waals surface area contributed by atoms with Gasteiger partial charge in [0.15, 0.2) is 11.5 Å². The van der Waals surface area contributed by atoms with Gasteiger partial charge in [-0.15, -0.1) is 0 Å². The van der Waals surface area contributed by atoms with E-state index in [1.54, 1.807) is 0 Å². The average Bonchev–Trinajstić information content (AvgIpc) is 3.07. The van der Waals surface area contributed by atoms with E-state index < -0.39 is 0 Å². The van der Waals surface area contributed by atoms with Crippen molar-refractivity contribution < 1.29 is 19.2 Å². The van der Waals surface area contributed by atoms with Crippen LogP contribution in [0.2, 0.25) is 0 Å². The molecule has 2 aliphatic heterocycles. The largest absolute Gasteiger partial charge is 0.454 e. The summed E-state index contributed by atoms with van der Waals surface area (Å²) in [4.78, 5) is 13.7. The fourth-order valence-corrected chi connectivity index (χ4v) is 3.34. The summed E-state index contributed by atoms with van der Waals surface area (Å²) in [7, 11) is 0. The molecule has 0 saturated carbocycles. The molecular weight excluding hydrogens is 304 g/mol. The molecule has 0 bridgehead atoms. The van der Waals surface area contributed by atoms with Crippen molar-refractivity contribution in [3.05, 3.63) is 53.6 Å². The zero-order chi connectivity index (χ0) is 16.4. The fourth-order valence-electron chi connectivity index (χ4n) is 3.34. The monoisotopic (exact) mass is 325 g/mol. The number of amides is 1. The second-order valence-corrected chi connectivity index (χ2v) is 6.31. The molecule has 124 valence electrons. The summed E-state index contributed by atoms with van der Waals surface area (Å²) >= 11 is 0. The molecule has 5 heteroatoms. The van der Waals surface area contributed by atoms with E-state index in [4.69, 9.17) is 9.47 Å². The quantitative estimate of drug-likeness (QED) is 0.893. The number of benzene rings is 2. The molecule has 1 unspecified atom stereocenters. The van der Waals surface area contributed by atoms with Crippen LogP contribution in [0.3, 0.4) is 0 Å². The molecule has 0 spiro atoms. The highest BCUT2D eigenvalue weighted by Crippen LogP contribution is 2.34. The molecule has 2 heterocycles. The molecular formula is C19H21N2O3+. The van der Waals surface area contributed by atoms with Crippen molar-refractivity contribution in [3.63, 3.8) is 0 Å². The van der Waals surface area contributed by atoms with Gasteiger partial charge in [0.05, 0.1) is 19.5 Å². The van der Waals surface area contributed by atoms with Crippen LogP contribution >= 0.6 is 0 Å². The second kappa shape index (κ2) is 6.53. The molecule has 2 aromatic carbocycles. The third-order valence-electron chi connectivity index (χ3n) is 4.67. The van der Waals surface area contributed by atoms with E-state index in [2.05, 4.69) is 29.6 Å². The lowest BCUT2D eigenvalue weighted by Crippen LogP contribution is -3.11. The fraction of sp³-hybridized carbons (Fsp3) is 0.316. The third kappa shape index (κ3) is 3.21. The number of quaternary nitrogens is 1. The van der Waals surface area contributed by atoms with Crippen molar-refractivity contribution in [1.29, 1.82) is 0 Å². The lowest BCUT2D eigenvalue weighted by Gasteiger charge is -2.25. The van der Waals surface area contributed by atoms with E-state index >= 15 is 0 Å². The van der Waals surface area contributed by atoms with Crippen molar-refractivity contribution >= 4 is 11.6 Å². The van der Waals surface area contributed by atoms with Crippen molar-refractivity contribution in [3.8, 4) is 11.5 Å². The summed E-state index contributed by atoms with van der Waals surface area (Å²) < 4.78 is 10.6. The molecule has 2 aliphatic rings. The van der Waals surface area contributed by atoms with E-state index in [-0.39, 0.29) is 12.7 Å². The van der Waals surface area contributed by atoms with E-state index in [0.717, 1.165) is 37.5 Å². The molecule has 0 fully saturated rings. The number of hydrogen-bond acceptors (Lipinski definition) is 3. The smallest absolute Gasteiger partial charge is 0.231 e. The van der Waals surface area contributed by atoms with Gasteiger partial charge in [0.2, 0.25) is 12.7 Å². The van der Waals surface area contributed by atoms with Gasteiger partial charge in [-0.2, -0.15) is 0 Å². The lowest BCUT2D eigenvalue weighted by molar-refractivity contribution is -0.915. The first-order valence-electron chi connectivity index (χ1n) is 8.38. The maximum atomic E-state index is 12.2. The maximum Gasteiger partial charge on any atom is 0.231 e. The molecule has 0 radical (unpaired) electrons. The Bertz CT molecular complexity index is 760. The van der Waals surface area contributed by atoms with Crippen LogP contribution in [0.4, 0.5) is 5.69 Å². The molecule has 5 nitrogen and oxygen atoms in total. The summed E-state index contributed by atoms with van der Waals surface area (Å²) in [5, 5.41) is 2.94. The summed E-state index contributed by atoms with van der Waals surface area (Å²) in [5.41, 5.74) is 3.62. The molecule has 0 saturated heterocycles. The number of hydrogen-bond donors (Lipinski definition) is 2. The van der Waals surface area contributed by atoms with Crippen LogP contribution in [0, 0.1) is 0 Å². The Morgan fingerprint density at radius 1 is 1.08 bits per heavy atom. The first kappa shape index (κ1) is 15.0. The van der Waals surface area contributed by atoms with Gasteiger partial charge >= 0.3 is 0 Å². The van der Waals surface area contributed by atoms with Gasteiger partial charge in [-0.1, -0.05) is 24.3 Å². The predicted octanol–water partition coefficient (Wildman–Crippen LogP) is 1.39. The van der Waals surface area contributed by atoms with Crippen LogP contribution in [-0.2, 0) is 17.8 Å². The van der Waals surface area contributed by atoms with E-state index in [0.29, 0.717) is 12.2 Å². The average molecular weight is 325 g/mol. The Balaban J connectivity index is 1.30. The zero-order valence-electron chi connectivity index (χ0n) is 13.5. The topological polar surface area (TPSA) is 52.0 Å². The van der Waals surface area contributed by atoms with Gasteiger partial charge in [-0.25, -0.2) is 0 Å².